The molecule has 0 atom stereocenters. The lowest BCUT2D eigenvalue weighted by Gasteiger charge is -2.40. The predicted molar refractivity (Wildman–Crippen MR) is 102 cm³/mol. The van der Waals surface area contributed by atoms with Crippen molar-refractivity contribution in [1.29, 1.82) is 0 Å². The fourth-order valence-electron chi connectivity index (χ4n) is 2.90. The Balaban J connectivity index is 1.71. The van der Waals surface area contributed by atoms with Crippen LogP contribution in [0.2, 0.25) is 0 Å². The molecule has 0 saturated carbocycles. The number of hydrazine groups is 1. The van der Waals surface area contributed by atoms with Crippen molar-refractivity contribution in [2.45, 2.75) is 13.8 Å². The largest absolute Gasteiger partial charge is 0.479 e. The molecule has 1 aliphatic rings. The van der Waals surface area contributed by atoms with Gasteiger partial charge in [0.05, 0.1) is 7.11 Å². The Labute approximate surface area is 149 Å². The van der Waals surface area contributed by atoms with Crippen molar-refractivity contribution in [3.05, 3.63) is 47.7 Å². The fourth-order valence-corrected chi connectivity index (χ4v) is 3.22. The number of anilines is 2. The Bertz CT molecular complexity index is 687. The molecule has 6 heteroatoms. The van der Waals surface area contributed by atoms with Crippen molar-refractivity contribution < 1.29 is 4.74 Å². The van der Waals surface area contributed by atoms with E-state index in [2.05, 4.69) is 52.1 Å². The van der Waals surface area contributed by atoms with Crippen LogP contribution in [0.4, 0.5) is 11.4 Å². The van der Waals surface area contributed by atoms with Gasteiger partial charge in [0, 0.05) is 37.6 Å². The summed E-state index contributed by atoms with van der Waals surface area (Å²) >= 11 is 4.71. The lowest BCUT2D eigenvalue weighted by Crippen LogP contribution is -2.51. The maximum absolute atomic E-state index is 5.44. The maximum atomic E-state index is 5.44. The van der Waals surface area contributed by atoms with Gasteiger partial charge in [0.1, 0.15) is 5.69 Å². The van der Waals surface area contributed by atoms with Gasteiger partial charge in [0.15, 0.2) is 0 Å². The summed E-state index contributed by atoms with van der Waals surface area (Å²) in [4.78, 5) is 6.92. The van der Waals surface area contributed by atoms with E-state index in [0.29, 0.717) is 5.88 Å². The number of aryl methyl sites for hydroxylation is 2. The average Bonchev–Trinajstić information content (AvgIpc) is 2.64. The van der Waals surface area contributed by atoms with E-state index < -0.39 is 0 Å². The van der Waals surface area contributed by atoms with Gasteiger partial charge in [0.25, 0.3) is 0 Å². The van der Waals surface area contributed by atoms with Crippen LogP contribution in [0.25, 0.3) is 0 Å². The van der Waals surface area contributed by atoms with E-state index in [4.69, 9.17) is 17.6 Å². The highest BCUT2D eigenvalue weighted by Gasteiger charge is 2.24. The maximum Gasteiger partial charge on any atom is 0.240 e. The van der Waals surface area contributed by atoms with Gasteiger partial charge < -0.3 is 9.64 Å². The Morgan fingerprint density at radius 2 is 1.75 bits per heavy atom. The number of benzene rings is 1. The lowest BCUT2D eigenvalue weighted by atomic mass is 10.2. The first-order valence-corrected chi connectivity index (χ1v) is 8.56. The van der Waals surface area contributed by atoms with Crippen molar-refractivity contribution in [1.82, 2.24) is 9.99 Å². The highest BCUT2D eigenvalue weighted by molar-refractivity contribution is 7.81. The van der Waals surface area contributed by atoms with E-state index in [1.807, 2.05) is 17.4 Å². The minimum atomic E-state index is 0.610. The number of hydrogen-bond donors (Lipinski definition) is 1. The van der Waals surface area contributed by atoms with Crippen LogP contribution in [-0.4, -0.2) is 43.3 Å². The van der Waals surface area contributed by atoms with Gasteiger partial charge in [-0.25, -0.2) is 14.4 Å². The number of pyridine rings is 1. The number of methoxy groups -OCH3 is 1. The second-order valence-corrected chi connectivity index (χ2v) is 6.36. The molecule has 0 bridgehead atoms. The van der Waals surface area contributed by atoms with E-state index in [-0.39, 0.29) is 0 Å². The molecule has 5 nitrogen and oxygen atoms in total. The molecule has 2 heterocycles. The monoisotopic (exact) mass is 344 g/mol. The Kier molecular flexibility index (Phi) is 5.16. The molecular weight excluding hydrogens is 320 g/mol. The molecule has 3 rings (SSSR count). The van der Waals surface area contributed by atoms with Gasteiger partial charge >= 0.3 is 0 Å². The number of hydrogen-bond acceptors (Lipinski definition) is 6. The second kappa shape index (κ2) is 7.32. The number of ether oxygens (including phenoxy) is 1. The summed E-state index contributed by atoms with van der Waals surface area (Å²) in [6.07, 6.45) is 0. The van der Waals surface area contributed by atoms with Crippen LogP contribution >= 0.6 is 12.8 Å². The van der Waals surface area contributed by atoms with Gasteiger partial charge in [0.2, 0.25) is 5.88 Å². The molecular formula is C18H24N4OS. The zero-order chi connectivity index (χ0) is 17.1. The summed E-state index contributed by atoms with van der Waals surface area (Å²) < 4.78 is 7.32. The third kappa shape index (κ3) is 3.44. The summed E-state index contributed by atoms with van der Waals surface area (Å²) in [5.41, 5.74) is 4.27. The van der Waals surface area contributed by atoms with Crippen molar-refractivity contribution in [3.63, 3.8) is 0 Å². The van der Waals surface area contributed by atoms with Crippen LogP contribution in [0.5, 0.6) is 5.88 Å². The fraction of sp³-hybridized carbons (Fsp3) is 0.389. The summed E-state index contributed by atoms with van der Waals surface area (Å²) in [5, 5.41) is 2.22. The Morgan fingerprint density at radius 3 is 2.38 bits per heavy atom. The number of para-hydroxylation sites is 1. The molecule has 0 unspecified atom stereocenters. The van der Waals surface area contributed by atoms with Crippen LogP contribution in [0, 0.1) is 13.8 Å². The highest BCUT2D eigenvalue weighted by Crippen LogP contribution is 2.31. The van der Waals surface area contributed by atoms with E-state index in [9.17, 15) is 0 Å². The summed E-state index contributed by atoms with van der Waals surface area (Å²) in [6, 6.07) is 12.6. The molecule has 1 aliphatic heterocycles. The molecule has 24 heavy (non-hydrogen) atoms. The third-order valence-electron chi connectivity index (χ3n) is 4.47. The van der Waals surface area contributed by atoms with Crippen LogP contribution in [0.3, 0.4) is 0 Å². The number of piperazine rings is 1. The van der Waals surface area contributed by atoms with Gasteiger partial charge in [-0.05, 0) is 50.4 Å². The molecule has 0 radical (unpaired) electrons. The van der Waals surface area contributed by atoms with Crippen molar-refractivity contribution in [3.8, 4) is 5.88 Å². The molecule has 0 spiro atoms. The molecule has 1 aromatic carbocycles. The topological polar surface area (TPSA) is 31.8 Å². The summed E-state index contributed by atoms with van der Waals surface area (Å²) in [6.45, 7) is 7.76. The second-order valence-electron chi connectivity index (χ2n) is 5.98. The molecule has 128 valence electrons. The molecule has 1 fully saturated rings. The molecule has 1 aromatic heterocycles. The molecule has 0 aliphatic carbocycles. The first-order valence-electron chi connectivity index (χ1n) is 8.16. The average molecular weight is 344 g/mol. The smallest absolute Gasteiger partial charge is 0.240 e. The van der Waals surface area contributed by atoms with Crippen LogP contribution in [-0.2, 0) is 0 Å². The van der Waals surface area contributed by atoms with Gasteiger partial charge in [-0.15, -0.1) is 0 Å². The zero-order valence-electron chi connectivity index (χ0n) is 14.4. The van der Waals surface area contributed by atoms with Crippen molar-refractivity contribution >= 4 is 24.2 Å². The first kappa shape index (κ1) is 16.9. The number of rotatable bonds is 4. The SMILES string of the molecule is COc1nc(C)c(C)cc1N(S)N1CCN(c2ccccc2)CC1. The lowest BCUT2D eigenvalue weighted by molar-refractivity contribution is 0.276. The number of nitrogens with zero attached hydrogens (tertiary/aromatic N) is 4. The van der Waals surface area contributed by atoms with Crippen molar-refractivity contribution in [2.75, 3.05) is 42.6 Å². The van der Waals surface area contributed by atoms with Crippen LogP contribution in [0.1, 0.15) is 11.3 Å². The molecule has 0 amide bonds. The number of thiol groups is 1. The van der Waals surface area contributed by atoms with Crippen LogP contribution < -0.4 is 14.1 Å². The first-order chi connectivity index (χ1) is 11.6. The van der Waals surface area contributed by atoms with E-state index in [1.54, 1.807) is 7.11 Å². The molecule has 0 N–H and O–H groups in total. The van der Waals surface area contributed by atoms with Crippen molar-refractivity contribution in [2.24, 2.45) is 0 Å². The van der Waals surface area contributed by atoms with E-state index in [0.717, 1.165) is 43.1 Å². The predicted octanol–water partition coefficient (Wildman–Crippen LogP) is 3.10. The molecule has 1 saturated heterocycles. The normalized spacial score (nSPS) is 15.4. The standard InChI is InChI=1S/C18H24N4OS/c1-14-13-17(18(23-3)19-15(14)2)22(24)21-11-9-20(10-12-21)16-7-5-4-6-8-16/h4-8,13,24H,9-12H2,1-3H3. The Morgan fingerprint density at radius 1 is 1.08 bits per heavy atom. The van der Waals surface area contributed by atoms with Gasteiger partial charge in [-0.1, -0.05) is 18.2 Å². The third-order valence-corrected chi connectivity index (χ3v) is 4.93. The number of aromatic nitrogens is 1. The van der Waals surface area contributed by atoms with Gasteiger partial charge in [-0.3, -0.25) is 0 Å². The quantitative estimate of drug-likeness (QED) is 0.862. The summed E-state index contributed by atoms with van der Waals surface area (Å²) in [7, 11) is 1.65. The van der Waals surface area contributed by atoms with Crippen LogP contribution in [0.15, 0.2) is 36.4 Å². The summed E-state index contributed by atoms with van der Waals surface area (Å²) in [5.74, 6) is 0.610. The van der Waals surface area contributed by atoms with Gasteiger partial charge in [-0.2, -0.15) is 0 Å². The highest BCUT2D eigenvalue weighted by atomic mass is 32.1. The van der Waals surface area contributed by atoms with E-state index >= 15 is 0 Å². The molecule has 2 aromatic rings. The zero-order valence-corrected chi connectivity index (χ0v) is 15.3. The minimum absolute atomic E-state index is 0.610. The minimum Gasteiger partial charge on any atom is -0.479 e. The Hall–Kier alpha value is -1.92. The van der Waals surface area contributed by atoms with E-state index in [1.165, 1.54) is 5.69 Å².